The number of hydrogen-bond acceptors (Lipinski definition) is 15. The van der Waals surface area contributed by atoms with E-state index in [1.165, 1.54) is 347 Å². The van der Waals surface area contributed by atoms with E-state index in [2.05, 4.69) is 27.7 Å². The van der Waals surface area contributed by atoms with Crippen molar-refractivity contribution < 1.29 is 80.2 Å². The average Bonchev–Trinajstić information content (AvgIpc) is 0.899. The Hall–Kier alpha value is -1.94. The zero-order valence-electron chi connectivity index (χ0n) is 73.7. The molecule has 0 aliphatic carbocycles. The van der Waals surface area contributed by atoms with Crippen LogP contribution in [0.4, 0.5) is 0 Å². The first-order valence-corrected chi connectivity index (χ1v) is 51.3. The molecule has 0 saturated heterocycles. The second kappa shape index (κ2) is 86.9. The van der Waals surface area contributed by atoms with Crippen molar-refractivity contribution in [2.24, 2.45) is 0 Å². The number of aliphatic hydroxyl groups excluding tert-OH is 1. The minimum absolute atomic E-state index is 0.110. The summed E-state index contributed by atoms with van der Waals surface area (Å²) in [5, 5.41) is 10.7. The Morgan fingerprint density at radius 2 is 0.357 bits per heavy atom. The Bertz CT molecular complexity index is 2100. The van der Waals surface area contributed by atoms with E-state index in [4.69, 9.17) is 37.0 Å². The molecule has 0 aromatic carbocycles. The fraction of sp³-hybridized carbons (Fsp3) is 0.957. The number of phosphoric acid groups is 2. The van der Waals surface area contributed by atoms with Crippen LogP contribution in [0.2, 0.25) is 0 Å². The highest BCUT2D eigenvalue weighted by Gasteiger charge is 2.31. The second-order valence-corrected chi connectivity index (χ2v) is 36.3. The predicted molar refractivity (Wildman–Crippen MR) is 465 cm³/mol. The van der Waals surface area contributed by atoms with Gasteiger partial charge in [-0.05, 0) is 25.7 Å². The highest BCUT2D eigenvalue weighted by atomic mass is 31.2. The number of rotatable bonds is 94. The molecule has 19 heteroatoms. The Morgan fingerprint density at radius 1 is 0.214 bits per heavy atom. The van der Waals surface area contributed by atoms with Crippen molar-refractivity contribution in [2.45, 2.75) is 534 Å². The smallest absolute Gasteiger partial charge is 0.462 e. The summed E-state index contributed by atoms with van der Waals surface area (Å²) in [7, 11) is -9.94. The summed E-state index contributed by atoms with van der Waals surface area (Å²) in [6, 6.07) is 0. The molecule has 112 heavy (non-hydrogen) atoms. The van der Waals surface area contributed by atoms with Gasteiger partial charge < -0.3 is 33.8 Å². The van der Waals surface area contributed by atoms with Gasteiger partial charge in [-0.1, -0.05) is 464 Å². The van der Waals surface area contributed by atoms with Crippen LogP contribution in [0.5, 0.6) is 0 Å². The molecule has 2 unspecified atom stereocenters. The number of hydrogen-bond donors (Lipinski definition) is 3. The van der Waals surface area contributed by atoms with Gasteiger partial charge in [-0.2, -0.15) is 0 Å². The molecule has 17 nitrogen and oxygen atoms in total. The molecule has 0 bridgehead atoms. The summed E-state index contributed by atoms with van der Waals surface area (Å²) in [6.07, 6.45) is 84.9. The highest BCUT2D eigenvalue weighted by molar-refractivity contribution is 7.47. The summed E-state index contributed by atoms with van der Waals surface area (Å²) in [4.78, 5) is 73.5. The topological polar surface area (TPSA) is 237 Å². The molecule has 0 heterocycles. The second-order valence-electron chi connectivity index (χ2n) is 33.4. The van der Waals surface area contributed by atoms with Crippen LogP contribution in [0.3, 0.4) is 0 Å². The minimum Gasteiger partial charge on any atom is -0.462 e. The van der Waals surface area contributed by atoms with E-state index in [0.29, 0.717) is 25.7 Å². The fourth-order valence-electron chi connectivity index (χ4n) is 14.8. The first kappa shape index (κ1) is 110. The first-order chi connectivity index (χ1) is 54.7. The van der Waals surface area contributed by atoms with Gasteiger partial charge in [0.05, 0.1) is 26.4 Å². The van der Waals surface area contributed by atoms with E-state index in [1.54, 1.807) is 0 Å². The SMILES string of the molecule is CCCCCCCCCCCCCCCCCCCCCCCC(=O)OC[C@H](COP(=O)(O)OC[C@@H](O)COP(=O)(O)OC[C@@H](COC(=O)CCCCCCCCCCCCC)OC(=O)CCCCCCCCCCCCCCCCCCCCC)OC(=O)CCCCCCCCCCCCCCCCCCCCCCC. The van der Waals surface area contributed by atoms with Crippen LogP contribution in [-0.4, -0.2) is 96.7 Å². The van der Waals surface area contributed by atoms with Crippen molar-refractivity contribution in [1.82, 2.24) is 0 Å². The van der Waals surface area contributed by atoms with E-state index < -0.39 is 97.5 Å². The monoisotopic (exact) mass is 1630 g/mol. The molecule has 3 N–H and O–H groups in total. The Morgan fingerprint density at radius 3 is 0.527 bits per heavy atom. The average molecular weight is 1630 g/mol. The summed E-state index contributed by atoms with van der Waals surface area (Å²) in [6.45, 7) is 5.09. The third kappa shape index (κ3) is 85.9. The predicted octanol–water partition coefficient (Wildman–Crippen LogP) is 29.3. The maximum absolute atomic E-state index is 13.2. The maximum atomic E-state index is 13.2. The van der Waals surface area contributed by atoms with Gasteiger partial charge in [-0.25, -0.2) is 9.13 Å². The van der Waals surface area contributed by atoms with Crippen LogP contribution in [0.15, 0.2) is 0 Å². The van der Waals surface area contributed by atoms with Gasteiger partial charge in [-0.3, -0.25) is 37.3 Å². The van der Waals surface area contributed by atoms with Gasteiger partial charge >= 0.3 is 39.5 Å². The number of ether oxygens (including phenoxy) is 4. The number of aliphatic hydroxyl groups is 1. The van der Waals surface area contributed by atoms with Gasteiger partial charge in [0.2, 0.25) is 0 Å². The lowest BCUT2D eigenvalue weighted by Gasteiger charge is -2.21. The van der Waals surface area contributed by atoms with Crippen LogP contribution in [0.1, 0.15) is 516 Å². The standard InChI is InChI=1S/C93H182O17P2/c1-5-9-13-17-21-25-29-32-35-38-41-43-46-48-51-54-58-62-66-70-74-78-91(96)104-84-89(110-93(98)80-76-72-68-64-60-56-53-50-47-44-42-39-36-33-30-26-22-18-14-10-6-2)86-108-112(101,102)106-82-87(94)81-105-111(99,100)107-85-88(83-103-90(95)77-73-69-65-61-57-28-24-20-16-12-8-4)109-92(97)79-75-71-67-63-59-55-52-49-45-40-37-34-31-27-23-19-15-11-7-3/h87-89,94H,5-86H2,1-4H3,(H,99,100)(H,101,102)/t87-,88+,89+/m0/s1. The van der Waals surface area contributed by atoms with Crippen molar-refractivity contribution >= 4 is 39.5 Å². The minimum atomic E-state index is -4.97. The molecule has 666 valence electrons. The number of carbonyl (C=O) groups excluding carboxylic acids is 4. The zero-order chi connectivity index (χ0) is 81.7. The molecule has 0 amide bonds. The van der Waals surface area contributed by atoms with Crippen LogP contribution < -0.4 is 0 Å². The maximum Gasteiger partial charge on any atom is 0.472 e. The first-order valence-electron chi connectivity index (χ1n) is 48.3. The van der Waals surface area contributed by atoms with E-state index in [1.807, 2.05) is 0 Å². The summed E-state index contributed by atoms with van der Waals surface area (Å²) < 4.78 is 69.1. The van der Waals surface area contributed by atoms with E-state index in [9.17, 15) is 43.2 Å². The molecular weight excluding hydrogens is 1450 g/mol. The van der Waals surface area contributed by atoms with Crippen molar-refractivity contribution in [3.8, 4) is 0 Å². The van der Waals surface area contributed by atoms with Crippen LogP contribution in [0, 0.1) is 0 Å². The molecule has 0 radical (unpaired) electrons. The largest absolute Gasteiger partial charge is 0.472 e. The number of carbonyl (C=O) groups is 4. The third-order valence-electron chi connectivity index (χ3n) is 22.1. The summed E-state index contributed by atoms with van der Waals surface area (Å²) in [5.74, 6) is -2.09. The Labute approximate surface area is 689 Å². The van der Waals surface area contributed by atoms with Crippen LogP contribution in [0.25, 0.3) is 0 Å². The molecule has 5 atom stereocenters. The van der Waals surface area contributed by atoms with Crippen molar-refractivity contribution in [1.29, 1.82) is 0 Å². The van der Waals surface area contributed by atoms with Crippen molar-refractivity contribution in [2.75, 3.05) is 39.6 Å². The molecule has 0 aliphatic rings. The van der Waals surface area contributed by atoms with E-state index >= 15 is 0 Å². The molecular formula is C93H182O17P2. The summed E-state index contributed by atoms with van der Waals surface area (Å²) in [5.41, 5.74) is 0. The molecule has 0 aromatic heterocycles. The van der Waals surface area contributed by atoms with Gasteiger partial charge in [-0.15, -0.1) is 0 Å². The van der Waals surface area contributed by atoms with E-state index in [0.717, 1.165) is 89.9 Å². The van der Waals surface area contributed by atoms with Gasteiger partial charge in [0, 0.05) is 25.7 Å². The quantitative estimate of drug-likeness (QED) is 0.0222. The number of esters is 4. The van der Waals surface area contributed by atoms with E-state index in [-0.39, 0.29) is 25.7 Å². The van der Waals surface area contributed by atoms with Crippen LogP contribution in [-0.2, 0) is 65.4 Å². The van der Waals surface area contributed by atoms with Crippen molar-refractivity contribution in [3.63, 3.8) is 0 Å². The van der Waals surface area contributed by atoms with Gasteiger partial charge in [0.1, 0.15) is 19.3 Å². The molecule has 0 saturated carbocycles. The zero-order valence-corrected chi connectivity index (χ0v) is 75.5. The normalized spacial score (nSPS) is 13.6. The molecule has 0 rings (SSSR count). The lowest BCUT2D eigenvalue weighted by Crippen LogP contribution is -2.30. The van der Waals surface area contributed by atoms with Gasteiger partial charge in [0.15, 0.2) is 12.2 Å². The van der Waals surface area contributed by atoms with Gasteiger partial charge in [0.25, 0.3) is 0 Å². The van der Waals surface area contributed by atoms with Crippen molar-refractivity contribution in [3.05, 3.63) is 0 Å². The molecule has 0 aromatic rings. The summed E-state index contributed by atoms with van der Waals surface area (Å²) >= 11 is 0. The Kier molecular flexibility index (Phi) is 85.4. The molecule has 0 spiro atoms. The fourth-order valence-corrected chi connectivity index (χ4v) is 16.3. The molecule has 0 fully saturated rings. The molecule has 0 aliphatic heterocycles. The number of phosphoric ester groups is 2. The van der Waals surface area contributed by atoms with Crippen LogP contribution >= 0.6 is 15.6 Å². The third-order valence-corrected chi connectivity index (χ3v) is 24.0. The Balaban J connectivity index is 5.22. The number of unbranched alkanes of at least 4 members (excludes halogenated alkanes) is 68. The highest BCUT2D eigenvalue weighted by Crippen LogP contribution is 2.45. The lowest BCUT2D eigenvalue weighted by atomic mass is 10.0. The lowest BCUT2D eigenvalue weighted by molar-refractivity contribution is -0.161.